The Labute approximate surface area is 156 Å². The number of benzene rings is 2. The highest BCUT2D eigenvalue weighted by Gasteiger charge is 2.10. The molecule has 6 heteroatoms. The first kappa shape index (κ1) is 19.0. The summed E-state index contributed by atoms with van der Waals surface area (Å²) in [4.78, 5) is 13.1. The van der Waals surface area contributed by atoms with Crippen molar-refractivity contribution < 1.29 is 9.90 Å². The summed E-state index contributed by atoms with van der Waals surface area (Å²) in [5.41, 5.74) is 0.737. The van der Waals surface area contributed by atoms with Crippen LogP contribution in [-0.4, -0.2) is 16.3 Å². The summed E-state index contributed by atoms with van der Waals surface area (Å²) >= 11 is 13.9. The monoisotopic (exact) mass is 383 g/mol. The van der Waals surface area contributed by atoms with Crippen LogP contribution in [0.3, 0.4) is 0 Å². The van der Waals surface area contributed by atoms with Gasteiger partial charge in [0.15, 0.2) is 0 Å². The van der Waals surface area contributed by atoms with Gasteiger partial charge in [-0.3, -0.25) is 4.79 Å². The summed E-state index contributed by atoms with van der Waals surface area (Å²) in [5.74, 6) is 0.230. The van der Waals surface area contributed by atoms with Crippen molar-refractivity contribution in [1.29, 1.82) is 0 Å². The van der Waals surface area contributed by atoms with Crippen molar-refractivity contribution >= 4 is 40.9 Å². The summed E-state index contributed by atoms with van der Waals surface area (Å²) in [6.07, 6.45) is 1.20. The highest BCUT2D eigenvalue weighted by Crippen LogP contribution is 2.27. The van der Waals surface area contributed by atoms with Crippen molar-refractivity contribution in [1.82, 2.24) is 5.32 Å². The Kier molecular flexibility index (Phi) is 7.28. The quantitative estimate of drug-likeness (QED) is 0.639. The van der Waals surface area contributed by atoms with Crippen molar-refractivity contribution in [2.45, 2.75) is 36.5 Å². The van der Waals surface area contributed by atoms with Crippen molar-refractivity contribution in [3.63, 3.8) is 0 Å². The molecule has 0 aliphatic heterocycles. The van der Waals surface area contributed by atoms with Crippen molar-refractivity contribution in [3.05, 3.63) is 58.1 Å². The van der Waals surface area contributed by atoms with Crippen LogP contribution in [0.15, 0.2) is 47.4 Å². The van der Waals surface area contributed by atoms with E-state index in [4.69, 9.17) is 23.2 Å². The van der Waals surface area contributed by atoms with Gasteiger partial charge in [-0.2, -0.15) is 0 Å². The number of hydrogen-bond donors (Lipinski definition) is 2. The predicted octanol–water partition coefficient (Wildman–Crippen LogP) is 5.28. The average Bonchev–Trinajstić information content (AvgIpc) is 2.54. The molecule has 2 aromatic rings. The summed E-state index contributed by atoms with van der Waals surface area (Å²) in [6.45, 7) is 2.41. The van der Waals surface area contributed by atoms with Gasteiger partial charge < -0.3 is 10.4 Å². The average molecular weight is 384 g/mol. The molecule has 0 aliphatic carbocycles. The Morgan fingerprint density at radius 3 is 2.42 bits per heavy atom. The largest absolute Gasteiger partial charge is 0.508 e. The fourth-order valence-electron chi connectivity index (χ4n) is 2.13. The standard InChI is InChI=1S/C18H19Cl2NO2S/c1-12(24-14-8-6-13(22)7-9-14)5-10-18(23)21-11-15-16(19)3-2-4-17(15)20/h2-4,6-9,12,22H,5,10-11H2,1H3,(H,21,23). The second-order valence-electron chi connectivity index (χ2n) is 5.44. The third-order valence-corrected chi connectivity index (χ3v) is 5.37. The number of phenolic OH excluding ortho intramolecular Hbond substituents is 1. The first-order valence-corrected chi connectivity index (χ1v) is 9.24. The second kappa shape index (κ2) is 9.21. The van der Waals surface area contributed by atoms with E-state index < -0.39 is 0 Å². The van der Waals surface area contributed by atoms with E-state index in [-0.39, 0.29) is 11.7 Å². The second-order valence-corrected chi connectivity index (χ2v) is 7.76. The molecule has 2 rings (SSSR count). The van der Waals surface area contributed by atoms with E-state index in [1.165, 1.54) is 0 Å². The van der Waals surface area contributed by atoms with Gasteiger partial charge in [0.05, 0.1) is 0 Å². The number of carbonyl (C=O) groups excluding carboxylic acids is 1. The summed E-state index contributed by atoms with van der Waals surface area (Å²) < 4.78 is 0. The zero-order valence-electron chi connectivity index (χ0n) is 13.3. The number of thioether (sulfide) groups is 1. The van der Waals surface area contributed by atoms with E-state index in [0.717, 1.165) is 16.9 Å². The maximum absolute atomic E-state index is 12.0. The lowest BCUT2D eigenvalue weighted by Gasteiger charge is -2.12. The number of nitrogens with one attached hydrogen (secondary N) is 1. The van der Waals surface area contributed by atoms with Gasteiger partial charge in [0.25, 0.3) is 0 Å². The van der Waals surface area contributed by atoms with Crippen LogP contribution in [0.2, 0.25) is 10.0 Å². The maximum atomic E-state index is 12.0. The minimum absolute atomic E-state index is 0.0239. The normalized spacial score (nSPS) is 12.0. The van der Waals surface area contributed by atoms with Crippen LogP contribution in [0.5, 0.6) is 5.75 Å². The number of halogens is 2. The molecule has 0 radical (unpaired) electrons. The lowest BCUT2D eigenvalue weighted by Crippen LogP contribution is -2.23. The van der Waals surface area contributed by atoms with Crippen molar-refractivity contribution in [3.8, 4) is 5.75 Å². The highest BCUT2D eigenvalue weighted by molar-refractivity contribution is 7.99. The van der Waals surface area contributed by atoms with Gasteiger partial charge in [0.2, 0.25) is 5.91 Å². The molecular weight excluding hydrogens is 365 g/mol. The zero-order chi connectivity index (χ0) is 17.5. The molecular formula is C18H19Cl2NO2S. The number of phenols is 1. The molecule has 1 unspecified atom stereocenters. The Morgan fingerprint density at radius 1 is 1.17 bits per heavy atom. The first-order chi connectivity index (χ1) is 11.5. The fourth-order valence-corrected chi connectivity index (χ4v) is 3.65. The van der Waals surface area contributed by atoms with Crippen LogP contribution in [-0.2, 0) is 11.3 Å². The first-order valence-electron chi connectivity index (χ1n) is 7.61. The molecule has 0 heterocycles. The number of carbonyl (C=O) groups is 1. The van der Waals surface area contributed by atoms with Gasteiger partial charge in [0, 0.05) is 38.7 Å². The Bertz CT molecular complexity index is 672. The topological polar surface area (TPSA) is 49.3 Å². The predicted molar refractivity (Wildman–Crippen MR) is 101 cm³/mol. The van der Waals surface area contributed by atoms with Gasteiger partial charge in [-0.15, -0.1) is 11.8 Å². The molecule has 0 aromatic heterocycles. The van der Waals surface area contributed by atoms with Crippen LogP contribution < -0.4 is 5.32 Å². The van der Waals surface area contributed by atoms with E-state index in [0.29, 0.717) is 28.3 Å². The fraction of sp³-hybridized carbons (Fsp3) is 0.278. The molecule has 24 heavy (non-hydrogen) atoms. The lowest BCUT2D eigenvalue weighted by molar-refractivity contribution is -0.121. The van der Waals surface area contributed by atoms with Gasteiger partial charge in [-0.1, -0.05) is 36.2 Å². The summed E-state index contributed by atoms with van der Waals surface area (Å²) in [5, 5.41) is 13.5. The highest BCUT2D eigenvalue weighted by atomic mass is 35.5. The summed E-state index contributed by atoms with van der Waals surface area (Å²) in [6, 6.07) is 12.4. The maximum Gasteiger partial charge on any atom is 0.220 e. The van der Waals surface area contributed by atoms with E-state index >= 15 is 0 Å². The molecule has 0 aliphatic rings. The van der Waals surface area contributed by atoms with Crippen molar-refractivity contribution in [2.75, 3.05) is 0 Å². The van der Waals surface area contributed by atoms with E-state index in [2.05, 4.69) is 12.2 Å². The van der Waals surface area contributed by atoms with Crippen LogP contribution >= 0.6 is 35.0 Å². The molecule has 1 amide bonds. The molecule has 1 atom stereocenters. The zero-order valence-corrected chi connectivity index (χ0v) is 15.6. The van der Waals surface area contributed by atoms with E-state index in [9.17, 15) is 9.90 Å². The SMILES string of the molecule is CC(CCC(=O)NCc1c(Cl)cccc1Cl)Sc1ccc(O)cc1. The lowest BCUT2D eigenvalue weighted by atomic mass is 10.2. The van der Waals surface area contributed by atoms with Crippen LogP contribution in [0.4, 0.5) is 0 Å². The number of amides is 1. The smallest absolute Gasteiger partial charge is 0.220 e. The van der Waals surface area contributed by atoms with E-state index in [1.807, 2.05) is 12.1 Å². The molecule has 2 N–H and O–H groups in total. The number of rotatable bonds is 7. The van der Waals surface area contributed by atoms with Gasteiger partial charge >= 0.3 is 0 Å². The Balaban J connectivity index is 1.75. The molecule has 0 spiro atoms. The van der Waals surface area contributed by atoms with Gasteiger partial charge in [-0.05, 0) is 42.8 Å². The minimum atomic E-state index is -0.0239. The minimum Gasteiger partial charge on any atom is -0.508 e. The van der Waals surface area contributed by atoms with E-state index in [1.54, 1.807) is 42.1 Å². The van der Waals surface area contributed by atoms with Gasteiger partial charge in [-0.25, -0.2) is 0 Å². The molecule has 2 aromatic carbocycles. The third kappa shape index (κ3) is 5.93. The Hall–Kier alpha value is -1.36. The molecule has 0 bridgehead atoms. The number of hydrogen-bond acceptors (Lipinski definition) is 3. The molecule has 3 nitrogen and oxygen atoms in total. The molecule has 0 saturated carbocycles. The van der Waals surface area contributed by atoms with Gasteiger partial charge in [0.1, 0.15) is 5.75 Å². The molecule has 0 fully saturated rings. The Morgan fingerprint density at radius 2 is 1.79 bits per heavy atom. The molecule has 128 valence electrons. The number of aromatic hydroxyl groups is 1. The van der Waals surface area contributed by atoms with Crippen LogP contribution in [0.1, 0.15) is 25.3 Å². The van der Waals surface area contributed by atoms with Crippen molar-refractivity contribution in [2.24, 2.45) is 0 Å². The van der Waals surface area contributed by atoms with Crippen LogP contribution in [0, 0.1) is 0 Å². The van der Waals surface area contributed by atoms with Crippen LogP contribution in [0.25, 0.3) is 0 Å². The third-order valence-electron chi connectivity index (χ3n) is 3.48. The summed E-state index contributed by atoms with van der Waals surface area (Å²) in [7, 11) is 0. The molecule has 0 saturated heterocycles.